The molecule has 0 unspecified atom stereocenters. The van der Waals surface area contributed by atoms with E-state index in [1.54, 1.807) is 7.11 Å². The molecule has 1 fully saturated rings. The number of nitrogens with one attached hydrogen (secondary N) is 1. The number of fused-ring (bicyclic) bond motifs is 1. The maximum absolute atomic E-state index is 12.1. The lowest BCUT2D eigenvalue weighted by atomic mass is 10.1. The first-order valence-electron chi connectivity index (χ1n) is 6.63. The van der Waals surface area contributed by atoms with Crippen LogP contribution in [-0.4, -0.2) is 35.5 Å². The first-order chi connectivity index (χ1) is 9.29. The highest BCUT2D eigenvalue weighted by molar-refractivity contribution is 5.84. The molecule has 1 amide bonds. The lowest BCUT2D eigenvalue weighted by molar-refractivity contribution is -0.136. The second-order valence-electron chi connectivity index (χ2n) is 5.04. The van der Waals surface area contributed by atoms with Crippen LogP contribution in [0, 0.1) is 0 Å². The second-order valence-corrected chi connectivity index (χ2v) is 5.04. The van der Waals surface area contributed by atoms with Gasteiger partial charge < -0.3 is 14.6 Å². The molecule has 1 heterocycles. The Morgan fingerprint density at radius 3 is 3.00 bits per heavy atom. The van der Waals surface area contributed by atoms with Gasteiger partial charge in [0.2, 0.25) is 5.91 Å². The number of carbonyl (C=O) groups excluding carboxylic acids is 1. The fraction of sp³-hybridized carbons (Fsp3) is 0.400. The van der Waals surface area contributed by atoms with Crippen molar-refractivity contribution in [3.63, 3.8) is 0 Å². The van der Waals surface area contributed by atoms with Gasteiger partial charge in [-0.1, -0.05) is 12.1 Å². The number of aromatic nitrogens is 1. The Balaban J connectivity index is 1.85. The van der Waals surface area contributed by atoms with Crippen LogP contribution in [0.3, 0.4) is 0 Å². The Kier molecular flexibility index (Phi) is 3.25. The van der Waals surface area contributed by atoms with Crippen LogP contribution in [0.25, 0.3) is 10.9 Å². The van der Waals surface area contributed by atoms with Crippen LogP contribution < -0.4 is 0 Å². The summed E-state index contributed by atoms with van der Waals surface area (Å²) in [6.07, 6.45) is 4.16. The predicted molar refractivity (Wildman–Crippen MR) is 73.7 cm³/mol. The highest BCUT2D eigenvalue weighted by Gasteiger charge is 2.32. The molecule has 1 aliphatic rings. The SMILES string of the molecule is COCC(=O)N(Cc1cccc2[nH]ccc12)C1CC1. The van der Waals surface area contributed by atoms with Crippen molar-refractivity contribution < 1.29 is 9.53 Å². The summed E-state index contributed by atoms with van der Waals surface area (Å²) in [6.45, 7) is 0.835. The van der Waals surface area contributed by atoms with E-state index in [0.717, 1.165) is 18.4 Å². The largest absolute Gasteiger partial charge is 0.375 e. The fourth-order valence-corrected chi connectivity index (χ4v) is 2.49. The second kappa shape index (κ2) is 5.05. The van der Waals surface area contributed by atoms with Gasteiger partial charge in [0, 0.05) is 36.8 Å². The Morgan fingerprint density at radius 1 is 1.42 bits per heavy atom. The molecule has 0 saturated heterocycles. The van der Waals surface area contributed by atoms with Gasteiger partial charge in [0.05, 0.1) is 0 Å². The molecular formula is C15H18N2O2. The molecule has 1 aliphatic carbocycles. The molecule has 1 aromatic carbocycles. The van der Waals surface area contributed by atoms with E-state index in [1.165, 1.54) is 10.9 Å². The van der Waals surface area contributed by atoms with Gasteiger partial charge in [0.15, 0.2) is 0 Å². The molecule has 1 N–H and O–H groups in total. The molecule has 1 aromatic heterocycles. The van der Waals surface area contributed by atoms with E-state index in [1.807, 2.05) is 17.2 Å². The summed E-state index contributed by atoms with van der Waals surface area (Å²) in [6, 6.07) is 8.64. The van der Waals surface area contributed by atoms with Crippen LogP contribution in [-0.2, 0) is 16.1 Å². The van der Waals surface area contributed by atoms with Crippen molar-refractivity contribution in [2.24, 2.45) is 0 Å². The normalized spacial score (nSPS) is 14.8. The number of methoxy groups -OCH3 is 1. The predicted octanol–water partition coefficient (Wildman–Crippen LogP) is 2.31. The van der Waals surface area contributed by atoms with Crippen LogP contribution >= 0.6 is 0 Å². The number of carbonyl (C=O) groups is 1. The van der Waals surface area contributed by atoms with Crippen molar-refractivity contribution >= 4 is 16.8 Å². The van der Waals surface area contributed by atoms with Crippen molar-refractivity contribution in [3.8, 4) is 0 Å². The molecule has 0 radical (unpaired) electrons. The first-order valence-corrected chi connectivity index (χ1v) is 6.63. The summed E-state index contributed by atoms with van der Waals surface area (Å²) in [5, 5.41) is 1.19. The Labute approximate surface area is 112 Å². The standard InChI is InChI=1S/C15H18N2O2/c1-19-10-15(18)17(12-5-6-12)9-11-3-2-4-14-13(11)7-8-16-14/h2-4,7-8,12,16H,5-6,9-10H2,1H3. The average molecular weight is 258 g/mol. The number of hydrogen-bond donors (Lipinski definition) is 1. The van der Waals surface area contributed by atoms with Crippen molar-refractivity contribution in [1.82, 2.24) is 9.88 Å². The van der Waals surface area contributed by atoms with Crippen molar-refractivity contribution in [1.29, 1.82) is 0 Å². The number of aromatic amines is 1. The number of ether oxygens (including phenoxy) is 1. The van der Waals surface area contributed by atoms with E-state index in [-0.39, 0.29) is 12.5 Å². The van der Waals surface area contributed by atoms with E-state index in [9.17, 15) is 4.79 Å². The summed E-state index contributed by atoms with van der Waals surface area (Å²) < 4.78 is 4.98. The van der Waals surface area contributed by atoms with Crippen LogP contribution in [0.15, 0.2) is 30.5 Å². The maximum Gasteiger partial charge on any atom is 0.249 e. The molecule has 0 atom stereocenters. The van der Waals surface area contributed by atoms with Gasteiger partial charge in [-0.2, -0.15) is 0 Å². The van der Waals surface area contributed by atoms with Crippen molar-refractivity contribution in [2.45, 2.75) is 25.4 Å². The minimum Gasteiger partial charge on any atom is -0.375 e. The van der Waals surface area contributed by atoms with Gasteiger partial charge in [-0.25, -0.2) is 0 Å². The molecule has 0 spiro atoms. The van der Waals surface area contributed by atoms with Gasteiger partial charge in [0.1, 0.15) is 6.61 Å². The van der Waals surface area contributed by atoms with Crippen molar-refractivity contribution in [3.05, 3.63) is 36.0 Å². The highest BCUT2D eigenvalue weighted by atomic mass is 16.5. The van der Waals surface area contributed by atoms with Gasteiger partial charge in [-0.3, -0.25) is 4.79 Å². The third kappa shape index (κ3) is 2.49. The molecule has 0 aliphatic heterocycles. The average Bonchev–Trinajstić information content (AvgIpc) is 3.12. The van der Waals surface area contributed by atoms with Crippen LogP contribution in [0.1, 0.15) is 18.4 Å². The minimum atomic E-state index is 0.0811. The highest BCUT2D eigenvalue weighted by Crippen LogP contribution is 2.30. The third-order valence-corrected chi connectivity index (χ3v) is 3.60. The molecule has 4 heteroatoms. The van der Waals surface area contributed by atoms with Gasteiger partial charge >= 0.3 is 0 Å². The number of hydrogen-bond acceptors (Lipinski definition) is 2. The maximum atomic E-state index is 12.1. The summed E-state index contributed by atoms with van der Waals surface area (Å²) in [4.78, 5) is 17.3. The molecule has 4 nitrogen and oxygen atoms in total. The topological polar surface area (TPSA) is 45.3 Å². The van der Waals surface area contributed by atoms with Gasteiger partial charge in [-0.15, -0.1) is 0 Å². The molecule has 100 valence electrons. The number of amides is 1. The third-order valence-electron chi connectivity index (χ3n) is 3.60. The molecular weight excluding hydrogens is 240 g/mol. The molecule has 2 aromatic rings. The summed E-state index contributed by atoms with van der Waals surface area (Å²) >= 11 is 0. The van der Waals surface area contributed by atoms with Gasteiger partial charge in [-0.05, 0) is 30.5 Å². The molecule has 0 bridgehead atoms. The number of benzene rings is 1. The van der Waals surface area contributed by atoms with E-state index in [4.69, 9.17) is 4.74 Å². The molecule has 19 heavy (non-hydrogen) atoms. The number of H-pyrrole nitrogens is 1. The quantitative estimate of drug-likeness (QED) is 0.894. The minimum absolute atomic E-state index is 0.0811. The summed E-state index contributed by atoms with van der Waals surface area (Å²) in [5.41, 5.74) is 2.31. The first kappa shape index (κ1) is 12.2. The van der Waals surface area contributed by atoms with E-state index < -0.39 is 0 Å². The Hall–Kier alpha value is -1.81. The van der Waals surface area contributed by atoms with Crippen molar-refractivity contribution in [2.75, 3.05) is 13.7 Å². The van der Waals surface area contributed by atoms with Gasteiger partial charge in [0.25, 0.3) is 0 Å². The lowest BCUT2D eigenvalue weighted by Gasteiger charge is -2.22. The number of rotatable bonds is 5. The lowest BCUT2D eigenvalue weighted by Crippen LogP contribution is -2.35. The summed E-state index contributed by atoms with van der Waals surface area (Å²) in [7, 11) is 1.57. The van der Waals surface area contributed by atoms with Crippen LogP contribution in [0.5, 0.6) is 0 Å². The summed E-state index contributed by atoms with van der Waals surface area (Å²) in [5.74, 6) is 0.0811. The zero-order valence-electron chi connectivity index (χ0n) is 11.1. The zero-order valence-corrected chi connectivity index (χ0v) is 11.1. The van der Waals surface area contributed by atoms with E-state index in [2.05, 4.69) is 23.2 Å². The van der Waals surface area contributed by atoms with Crippen LogP contribution in [0.2, 0.25) is 0 Å². The fourth-order valence-electron chi connectivity index (χ4n) is 2.49. The smallest absolute Gasteiger partial charge is 0.249 e. The Morgan fingerprint density at radius 2 is 2.26 bits per heavy atom. The van der Waals surface area contributed by atoms with E-state index >= 15 is 0 Å². The Bertz CT molecular complexity index is 587. The zero-order chi connectivity index (χ0) is 13.2. The van der Waals surface area contributed by atoms with Crippen LogP contribution in [0.4, 0.5) is 0 Å². The molecule has 1 saturated carbocycles. The molecule has 3 rings (SSSR count). The monoisotopic (exact) mass is 258 g/mol. The van der Waals surface area contributed by atoms with E-state index in [0.29, 0.717) is 12.6 Å². The number of nitrogens with zero attached hydrogens (tertiary/aromatic N) is 1.